The third kappa shape index (κ3) is 4.38. The Labute approximate surface area is 121 Å². The second kappa shape index (κ2) is 7.09. The largest absolute Gasteiger partial charge is 0.481 e. The minimum absolute atomic E-state index is 0.0683. The molecule has 0 bridgehead atoms. The van der Waals surface area contributed by atoms with Crippen molar-refractivity contribution in [2.24, 2.45) is 0 Å². The van der Waals surface area contributed by atoms with Crippen molar-refractivity contribution in [1.82, 2.24) is 10.2 Å². The molecule has 1 aromatic carbocycles. The topological polar surface area (TPSA) is 69.6 Å². The molecule has 0 radical (unpaired) electrons. The lowest BCUT2D eigenvalue weighted by Crippen LogP contribution is -2.39. The molecule has 0 aliphatic rings. The third-order valence-corrected chi connectivity index (χ3v) is 3.11. The molecule has 7 heteroatoms. The predicted molar refractivity (Wildman–Crippen MR) is 73.2 cm³/mol. The second-order valence-corrected chi connectivity index (χ2v) is 4.78. The zero-order valence-electron chi connectivity index (χ0n) is 11.2. The summed E-state index contributed by atoms with van der Waals surface area (Å²) in [4.78, 5) is 23.5. The number of amides is 2. The summed E-state index contributed by atoms with van der Waals surface area (Å²) in [6.07, 6.45) is -0.154. The molecule has 20 heavy (non-hydrogen) atoms. The van der Waals surface area contributed by atoms with Gasteiger partial charge in [0.2, 0.25) is 0 Å². The van der Waals surface area contributed by atoms with Crippen molar-refractivity contribution >= 4 is 23.6 Å². The summed E-state index contributed by atoms with van der Waals surface area (Å²) in [6.45, 7) is 1.67. The summed E-state index contributed by atoms with van der Waals surface area (Å²) in [5.41, 5.74) is 0.203. The van der Waals surface area contributed by atoms with Crippen molar-refractivity contribution in [2.75, 3.05) is 13.6 Å². The van der Waals surface area contributed by atoms with Crippen molar-refractivity contribution < 1.29 is 19.1 Å². The van der Waals surface area contributed by atoms with Gasteiger partial charge in [-0.05, 0) is 19.1 Å². The summed E-state index contributed by atoms with van der Waals surface area (Å²) in [5, 5.41) is 11.4. The van der Waals surface area contributed by atoms with Crippen molar-refractivity contribution in [3.63, 3.8) is 0 Å². The molecule has 1 rings (SSSR count). The first kappa shape index (κ1) is 16.2. The van der Waals surface area contributed by atoms with Gasteiger partial charge in [0.25, 0.3) is 0 Å². The number of hydrogen-bond donors (Lipinski definition) is 2. The SMILES string of the molecule is CC(NC(=O)N(C)CCC(=O)O)c1c(F)cccc1Cl. The summed E-state index contributed by atoms with van der Waals surface area (Å²) >= 11 is 5.91. The van der Waals surface area contributed by atoms with Gasteiger partial charge in [-0.25, -0.2) is 9.18 Å². The first-order valence-electron chi connectivity index (χ1n) is 6.00. The normalized spacial score (nSPS) is 11.8. The number of urea groups is 1. The summed E-state index contributed by atoms with van der Waals surface area (Å²) < 4.78 is 13.7. The highest BCUT2D eigenvalue weighted by molar-refractivity contribution is 6.31. The Morgan fingerprint density at radius 3 is 2.70 bits per heavy atom. The molecule has 0 saturated carbocycles. The number of carbonyl (C=O) groups excluding carboxylic acids is 1. The maximum atomic E-state index is 13.7. The van der Waals surface area contributed by atoms with Crippen LogP contribution >= 0.6 is 11.6 Å². The van der Waals surface area contributed by atoms with Crippen molar-refractivity contribution in [3.05, 3.63) is 34.6 Å². The molecule has 2 N–H and O–H groups in total. The molecule has 0 aliphatic heterocycles. The lowest BCUT2D eigenvalue weighted by molar-refractivity contribution is -0.137. The van der Waals surface area contributed by atoms with Gasteiger partial charge in [0, 0.05) is 24.2 Å². The first-order valence-corrected chi connectivity index (χ1v) is 6.38. The van der Waals surface area contributed by atoms with Crippen LogP contribution in [0.4, 0.5) is 9.18 Å². The lowest BCUT2D eigenvalue weighted by atomic mass is 10.1. The van der Waals surface area contributed by atoms with E-state index >= 15 is 0 Å². The van der Waals surface area contributed by atoms with E-state index in [1.165, 1.54) is 30.1 Å². The monoisotopic (exact) mass is 302 g/mol. The number of benzene rings is 1. The van der Waals surface area contributed by atoms with Gasteiger partial charge in [-0.3, -0.25) is 4.79 Å². The molecule has 0 spiro atoms. The molecule has 0 saturated heterocycles. The molecule has 2 amide bonds. The van der Waals surface area contributed by atoms with Crippen molar-refractivity contribution in [1.29, 1.82) is 0 Å². The van der Waals surface area contributed by atoms with Crippen LogP contribution in [0.5, 0.6) is 0 Å². The zero-order chi connectivity index (χ0) is 15.3. The maximum absolute atomic E-state index is 13.7. The van der Waals surface area contributed by atoms with E-state index in [0.29, 0.717) is 0 Å². The highest BCUT2D eigenvalue weighted by Gasteiger charge is 2.18. The minimum Gasteiger partial charge on any atom is -0.481 e. The Balaban J connectivity index is 2.68. The lowest BCUT2D eigenvalue weighted by Gasteiger charge is -2.22. The average molecular weight is 303 g/mol. The van der Waals surface area contributed by atoms with Gasteiger partial charge < -0.3 is 15.3 Å². The van der Waals surface area contributed by atoms with Gasteiger partial charge in [-0.1, -0.05) is 17.7 Å². The fourth-order valence-electron chi connectivity index (χ4n) is 1.66. The number of carboxylic acids is 1. The molecule has 1 atom stereocenters. The minimum atomic E-state index is -0.991. The van der Waals surface area contributed by atoms with Gasteiger partial charge in [-0.2, -0.15) is 0 Å². The maximum Gasteiger partial charge on any atom is 0.317 e. The Morgan fingerprint density at radius 2 is 2.15 bits per heavy atom. The number of carbonyl (C=O) groups is 2. The number of aliphatic carboxylic acids is 1. The van der Waals surface area contributed by atoms with Gasteiger partial charge in [0.05, 0.1) is 12.5 Å². The van der Waals surface area contributed by atoms with E-state index in [2.05, 4.69) is 5.32 Å². The number of hydrogen-bond acceptors (Lipinski definition) is 2. The summed E-state index contributed by atoms with van der Waals surface area (Å²) in [5.74, 6) is -1.49. The van der Waals surface area contributed by atoms with Crippen molar-refractivity contribution in [3.8, 4) is 0 Å². The Hall–Kier alpha value is -1.82. The molecular weight excluding hydrogens is 287 g/mol. The molecule has 0 heterocycles. The van der Waals surface area contributed by atoms with Gasteiger partial charge in [0.1, 0.15) is 5.82 Å². The Morgan fingerprint density at radius 1 is 1.50 bits per heavy atom. The molecule has 5 nitrogen and oxygen atoms in total. The number of rotatable bonds is 5. The predicted octanol–water partition coefficient (Wildman–Crippen LogP) is 2.66. The van der Waals surface area contributed by atoms with Crippen LogP contribution in [0.1, 0.15) is 24.9 Å². The van der Waals surface area contributed by atoms with E-state index in [4.69, 9.17) is 16.7 Å². The molecule has 0 aromatic heterocycles. The molecule has 110 valence electrons. The van der Waals surface area contributed by atoms with Gasteiger partial charge in [0.15, 0.2) is 0 Å². The fraction of sp³-hybridized carbons (Fsp3) is 0.385. The molecule has 0 fully saturated rings. The van der Waals surface area contributed by atoms with E-state index in [1.54, 1.807) is 6.92 Å². The van der Waals surface area contributed by atoms with Gasteiger partial charge in [-0.15, -0.1) is 0 Å². The summed E-state index contributed by atoms with van der Waals surface area (Å²) in [7, 11) is 1.47. The Bertz CT molecular complexity index is 490. The third-order valence-electron chi connectivity index (χ3n) is 2.78. The molecule has 1 aromatic rings. The first-order chi connectivity index (χ1) is 9.32. The van der Waals surface area contributed by atoms with Crippen molar-refractivity contribution in [2.45, 2.75) is 19.4 Å². The van der Waals surface area contributed by atoms with Crippen LogP contribution in [-0.4, -0.2) is 35.6 Å². The number of nitrogens with zero attached hydrogens (tertiary/aromatic N) is 1. The zero-order valence-corrected chi connectivity index (χ0v) is 11.9. The van der Waals surface area contributed by atoms with Crippen LogP contribution in [0.15, 0.2) is 18.2 Å². The van der Waals surface area contributed by atoms with E-state index in [1.807, 2.05) is 0 Å². The van der Waals surface area contributed by atoms with Gasteiger partial charge >= 0.3 is 12.0 Å². The second-order valence-electron chi connectivity index (χ2n) is 4.37. The van der Waals surface area contributed by atoms with Crippen LogP contribution in [-0.2, 0) is 4.79 Å². The fourth-order valence-corrected chi connectivity index (χ4v) is 1.98. The Kier molecular flexibility index (Phi) is 5.76. The van der Waals surface area contributed by atoms with Crippen LogP contribution in [0, 0.1) is 5.82 Å². The van der Waals surface area contributed by atoms with E-state index in [9.17, 15) is 14.0 Å². The number of carboxylic acid groups (broad SMARTS) is 1. The molecule has 1 unspecified atom stereocenters. The van der Waals surface area contributed by atoms with E-state index in [0.717, 1.165) is 0 Å². The van der Waals surface area contributed by atoms with E-state index in [-0.39, 0.29) is 23.6 Å². The summed E-state index contributed by atoms with van der Waals surface area (Å²) in [6, 6.07) is 3.17. The van der Waals surface area contributed by atoms with E-state index < -0.39 is 23.9 Å². The quantitative estimate of drug-likeness (QED) is 0.878. The standard InChI is InChI=1S/C13H16ClFN2O3/c1-8(12-9(14)4-3-5-10(12)15)16-13(20)17(2)7-6-11(18)19/h3-5,8H,6-7H2,1-2H3,(H,16,20)(H,18,19). The van der Waals surface area contributed by atoms with Crippen LogP contribution in [0.2, 0.25) is 5.02 Å². The highest BCUT2D eigenvalue weighted by Crippen LogP contribution is 2.25. The number of nitrogens with one attached hydrogen (secondary N) is 1. The average Bonchev–Trinajstić information content (AvgIpc) is 2.35. The number of halogens is 2. The van der Waals surface area contributed by atoms with Crippen LogP contribution in [0.25, 0.3) is 0 Å². The highest BCUT2D eigenvalue weighted by atomic mass is 35.5. The smallest absolute Gasteiger partial charge is 0.317 e. The van der Waals surface area contributed by atoms with Crippen LogP contribution in [0.3, 0.4) is 0 Å². The molecular formula is C13H16ClFN2O3. The molecule has 0 aliphatic carbocycles. The van der Waals surface area contributed by atoms with Crippen LogP contribution < -0.4 is 5.32 Å².